The predicted octanol–water partition coefficient (Wildman–Crippen LogP) is 5.15. The van der Waals surface area contributed by atoms with Crippen LogP contribution in [0.5, 0.6) is 0 Å². The monoisotopic (exact) mass is 379 g/mol. The molecule has 0 radical (unpaired) electrons. The van der Waals surface area contributed by atoms with Gasteiger partial charge in [0.1, 0.15) is 5.82 Å². The summed E-state index contributed by atoms with van der Waals surface area (Å²) in [6.45, 7) is 3.36. The molecule has 27 heavy (non-hydrogen) atoms. The first-order valence-corrected chi connectivity index (χ1v) is 11.3. The van der Waals surface area contributed by atoms with Crippen molar-refractivity contribution in [2.75, 3.05) is 24.0 Å². The van der Waals surface area contributed by atoms with Crippen LogP contribution in [0.3, 0.4) is 0 Å². The number of hydrogen-bond acceptors (Lipinski definition) is 3. The molecule has 0 bridgehead atoms. The van der Waals surface area contributed by atoms with Crippen LogP contribution >= 0.6 is 11.8 Å². The Hall–Kier alpha value is -1.94. The van der Waals surface area contributed by atoms with Crippen molar-refractivity contribution in [1.29, 1.82) is 0 Å². The minimum absolute atomic E-state index is 0.599. The average Bonchev–Trinajstić information content (AvgIpc) is 3.03. The minimum Gasteiger partial charge on any atom is -0.372 e. The van der Waals surface area contributed by atoms with Gasteiger partial charge in [0, 0.05) is 37.3 Å². The molecule has 1 unspecified atom stereocenters. The van der Waals surface area contributed by atoms with Gasteiger partial charge in [-0.3, -0.25) is 0 Å². The molecule has 1 aliphatic rings. The van der Waals surface area contributed by atoms with Crippen LogP contribution in [0.15, 0.2) is 42.5 Å². The maximum absolute atomic E-state index is 5.19. The highest BCUT2D eigenvalue weighted by Gasteiger charge is 2.24. The number of hydrogen-bond donors (Lipinski definition) is 0. The fraction of sp³-hybridized carbons (Fsp3) is 0.435. The molecule has 0 aliphatic carbocycles. The number of nitrogens with zero attached hydrogens (tertiary/aromatic N) is 3. The van der Waals surface area contributed by atoms with E-state index < -0.39 is 0 Å². The number of aromatic nitrogens is 2. The standard InChI is InChI=1S/C23H29N3S/c1-17-10-11-19-20(25(17)2)12-13-21-23(19)24-22(26(21)14-7-15-27-3)16-18-8-5-4-6-9-18/h4-6,8-9,12-13,17H,7,10-11,14-16H2,1-3H3. The zero-order chi connectivity index (χ0) is 18.8. The van der Waals surface area contributed by atoms with Gasteiger partial charge in [-0.25, -0.2) is 4.98 Å². The summed E-state index contributed by atoms with van der Waals surface area (Å²) in [6, 6.07) is 15.9. The Bertz CT molecular complexity index is 916. The highest BCUT2D eigenvalue weighted by molar-refractivity contribution is 7.98. The van der Waals surface area contributed by atoms with E-state index in [1.54, 1.807) is 0 Å². The van der Waals surface area contributed by atoms with E-state index >= 15 is 0 Å². The van der Waals surface area contributed by atoms with Gasteiger partial charge in [-0.05, 0) is 55.9 Å². The van der Waals surface area contributed by atoms with Crippen LogP contribution in [0.4, 0.5) is 5.69 Å². The SMILES string of the molecule is CSCCCn1c(Cc2ccccc2)nc2c3c(ccc21)N(C)C(C)CC3. The van der Waals surface area contributed by atoms with Crippen molar-refractivity contribution >= 4 is 28.5 Å². The number of fused-ring (bicyclic) bond motifs is 3. The lowest BCUT2D eigenvalue weighted by molar-refractivity contribution is 0.600. The molecule has 4 rings (SSSR count). The molecule has 2 aromatic carbocycles. The normalized spacial score (nSPS) is 16.7. The summed E-state index contributed by atoms with van der Waals surface area (Å²) >= 11 is 1.92. The fourth-order valence-corrected chi connectivity index (χ4v) is 4.59. The Kier molecular flexibility index (Phi) is 5.44. The van der Waals surface area contributed by atoms with Crippen LogP contribution in [0.25, 0.3) is 11.0 Å². The topological polar surface area (TPSA) is 21.1 Å². The van der Waals surface area contributed by atoms with E-state index in [1.165, 1.54) is 52.3 Å². The minimum atomic E-state index is 0.599. The third kappa shape index (κ3) is 3.60. The summed E-state index contributed by atoms with van der Waals surface area (Å²) in [5, 5.41) is 0. The van der Waals surface area contributed by atoms with Gasteiger partial charge < -0.3 is 9.47 Å². The third-order valence-electron chi connectivity index (χ3n) is 5.87. The first-order chi connectivity index (χ1) is 13.2. The van der Waals surface area contributed by atoms with E-state index in [0.29, 0.717) is 6.04 Å². The van der Waals surface area contributed by atoms with Gasteiger partial charge in [0.05, 0.1) is 11.0 Å². The number of benzene rings is 2. The van der Waals surface area contributed by atoms with Crippen LogP contribution in [0.1, 0.15) is 36.7 Å². The summed E-state index contributed by atoms with van der Waals surface area (Å²) in [7, 11) is 2.22. The van der Waals surface area contributed by atoms with Gasteiger partial charge in [-0.15, -0.1) is 0 Å². The van der Waals surface area contributed by atoms with Gasteiger partial charge in [0.15, 0.2) is 0 Å². The first-order valence-electron chi connectivity index (χ1n) is 9.95. The van der Waals surface area contributed by atoms with Crippen molar-refractivity contribution in [3.63, 3.8) is 0 Å². The van der Waals surface area contributed by atoms with Gasteiger partial charge in [-0.1, -0.05) is 30.3 Å². The summed E-state index contributed by atoms with van der Waals surface area (Å²) in [5.74, 6) is 2.39. The zero-order valence-corrected chi connectivity index (χ0v) is 17.4. The van der Waals surface area contributed by atoms with E-state index in [2.05, 4.69) is 72.2 Å². The molecule has 0 amide bonds. The first kappa shape index (κ1) is 18.4. The molecule has 1 aliphatic heterocycles. The molecule has 0 fully saturated rings. The number of rotatable bonds is 6. The Balaban J connectivity index is 1.79. The smallest absolute Gasteiger partial charge is 0.114 e. The number of aryl methyl sites for hydroxylation is 2. The second-order valence-electron chi connectivity index (χ2n) is 7.62. The lowest BCUT2D eigenvalue weighted by atomic mass is 9.96. The highest BCUT2D eigenvalue weighted by atomic mass is 32.2. The van der Waals surface area contributed by atoms with Gasteiger partial charge >= 0.3 is 0 Å². The van der Waals surface area contributed by atoms with Crippen molar-refractivity contribution < 1.29 is 0 Å². The summed E-state index contributed by atoms with van der Waals surface area (Å²) in [4.78, 5) is 7.61. The second kappa shape index (κ2) is 7.97. The predicted molar refractivity (Wildman–Crippen MR) is 118 cm³/mol. The van der Waals surface area contributed by atoms with Crippen molar-refractivity contribution in [3.8, 4) is 0 Å². The van der Waals surface area contributed by atoms with Crippen LogP contribution in [0, 0.1) is 0 Å². The molecule has 0 saturated heterocycles. The Morgan fingerprint density at radius 1 is 1.15 bits per heavy atom. The number of imidazole rings is 1. The maximum Gasteiger partial charge on any atom is 0.114 e. The molecule has 0 spiro atoms. The van der Waals surface area contributed by atoms with Crippen molar-refractivity contribution in [1.82, 2.24) is 9.55 Å². The van der Waals surface area contributed by atoms with Crippen LogP contribution in [0.2, 0.25) is 0 Å². The van der Waals surface area contributed by atoms with Crippen LogP contribution in [-0.2, 0) is 19.4 Å². The Morgan fingerprint density at radius 2 is 1.96 bits per heavy atom. The molecule has 1 aromatic heterocycles. The summed E-state index contributed by atoms with van der Waals surface area (Å²) in [5.41, 5.74) is 6.66. The van der Waals surface area contributed by atoms with E-state index in [4.69, 9.17) is 4.98 Å². The molecule has 3 nitrogen and oxygen atoms in total. The van der Waals surface area contributed by atoms with E-state index in [0.717, 1.165) is 19.4 Å². The summed E-state index contributed by atoms with van der Waals surface area (Å²) < 4.78 is 2.47. The fourth-order valence-electron chi connectivity index (χ4n) is 4.18. The largest absolute Gasteiger partial charge is 0.372 e. The van der Waals surface area contributed by atoms with Crippen LogP contribution < -0.4 is 4.90 Å². The molecule has 0 N–H and O–H groups in total. The zero-order valence-electron chi connectivity index (χ0n) is 16.6. The van der Waals surface area contributed by atoms with Gasteiger partial charge in [0.25, 0.3) is 0 Å². The molecule has 4 heteroatoms. The van der Waals surface area contributed by atoms with Gasteiger partial charge in [-0.2, -0.15) is 11.8 Å². The third-order valence-corrected chi connectivity index (χ3v) is 6.57. The molecule has 2 heterocycles. The quantitative estimate of drug-likeness (QED) is 0.553. The van der Waals surface area contributed by atoms with Crippen LogP contribution in [-0.4, -0.2) is 34.6 Å². The van der Waals surface area contributed by atoms with E-state index in [9.17, 15) is 0 Å². The lowest BCUT2D eigenvalue weighted by Gasteiger charge is -2.33. The molecular weight excluding hydrogens is 350 g/mol. The van der Waals surface area contributed by atoms with Gasteiger partial charge in [0.2, 0.25) is 0 Å². The van der Waals surface area contributed by atoms with E-state index in [1.807, 2.05) is 11.8 Å². The number of anilines is 1. The Morgan fingerprint density at radius 3 is 2.74 bits per heavy atom. The second-order valence-corrected chi connectivity index (χ2v) is 8.60. The molecule has 3 aromatic rings. The molecule has 0 saturated carbocycles. The van der Waals surface area contributed by atoms with Crippen molar-refractivity contribution in [2.45, 2.75) is 45.2 Å². The maximum atomic E-state index is 5.19. The van der Waals surface area contributed by atoms with E-state index in [-0.39, 0.29) is 0 Å². The molecular formula is C23H29N3S. The average molecular weight is 380 g/mol. The van der Waals surface area contributed by atoms with Crippen molar-refractivity contribution in [3.05, 3.63) is 59.4 Å². The molecule has 142 valence electrons. The molecule has 1 atom stereocenters. The lowest BCUT2D eigenvalue weighted by Crippen LogP contribution is -2.33. The summed E-state index contributed by atoms with van der Waals surface area (Å²) in [6.07, 6.45) is 6.60. The Labute approximate surface area is 166 Å². The van der Waals surface area contributed by atoms with Crippen molar-refractivity contribution in [2.24, 2.45) is 0 Å². The number of thioether (sulfide) groups is 1. The highest BCUT2D eigenvalue weighted by Crippen LogP contribution is 2.35.